The van der Waals surface area contributed by atoms with E-state index in [-0.39, 0.29) is 17.6 Å². The maximum absolute atomic E-state index is 12.4. The van der Waals surface area contributed by atoms with Gasteiger partial charge in [0, 0.05) is 11.3 Å². The van der Waals surface area contributed by atoms with Crippen LogP contribution in [0.15, 0.2) is 48.5 Å². The van der Waals surface area contributed by atoms with Crippen molar-refractivity contribution in [1.82, 2.24) is 0 Å². The Morgan fingerprint density at radius 2 is 1.50 bits per heavy atom. The molecule has 0 aromatic heterocycles. The van der Waals surface area contributed by atoms with Crippen molar-refractivity contribution < 1.29 is 9.59 Å². The predicted molar refractivity (Wildman–Crippen MR) is 98.5 cm³/mol. The standard InChI is InChI=1S/C21H25NO2/c1-14(2)13-17-5-7-18(8-6-17)15(3)21(24)22-20-11-9-19(10-12-20)16(4)23/h5-12,14-15H,13H2,1-4H3,(H,22,24)/t15-/m0/s1. The van der Waals surface area contributed by atoms with Crippen LogP contribution in [-0.4, -0.2) is 11.7 Å². The van der Waals surface area contributed by atoms with Gasteiger partial charge in [0.15, 0.2) is 5.78 Å². The Labute approximate surface area is 144 Å². The van der Waals surface area contributed by atoms with E-state index in [1.54, 1.807) is 24.3 Å². The van der Waals surface area contributed by atoms with E-state index in [0.29, 0.717) is 17.2 Å². The highest BCUT2D eigenvalue weighted by Crippen LogP contribution is 2.20. The molecule has 0 fully saturated rings. The third kappa shape index (κ3) is 4.79. The molecular formula is C21H25NO2. The van der Waals surface area contributed by atoms with Gasteiger partial charge in [-0.25, -0.2) is 0 Å². The van der Waals surface area contributed by atoms with Gasteiger partial charge in [0.2, 0.25) is 5.91 Å². The molecule has 2 rings (SSSR count). The Balaban J connectivity index is 2.02. The molecule has 1 N–H and O–H groups in total. The summed E-state index contributed by atoms with van der Waals surface area (Å²) in [6.07, 6.45) is 1.04. The van der Waals surface area contributed by atoms with Crippen molar-refractivity contribution in [1.29, 1.82) is 0 Å². The zero-order chi connectivity index (χ0) is 17.7. The summed E-state index contributed by atoms with van der Waals surface area (Å²) in [6, 6.07) is 15.2. The number of benzene rings is 2. The van der Waals surface area contributed by atoms with Gasteiger partial charge in [-0.1, -0.05) is 38.1 Å². The van der Waals surface area contributed by atoms with Crippen molar-refractivity contribution in [2.24, 2.45) is 5.92 Å². The number of ketones is 1. The highest BCUT2D eigenvalue weighted by molar-refractivity contribution is 5.97. The molecule has 0 bridgehead atoms. The number of carbonyl (C=O) groups excluding carboxylic acids is 2. The fraction of sp³-hybridized carbons (Fsp3) is 0.333. The van der Waals surface area contributed by atoms with Crippen molar-refractivity contribution in [3.05, 3.63) is 65.2 Å². The minimum atomic E-state index is -0.231. The van der Waals surface area contributed by atoms with Crippen molar-refractivity contribution in [2.45, 2.75) is 40.0 Å². The van der Waals surface area contributed by atoms with Crippen LogP contribution in [0.4, 0.5) is 5.69 Å². The molecule has 3 nitrogen and oxygen atoms in total. The SMILES string of the molecule is CC(=O)c1ccc(NC(=O)[C@@H](C)c2ccc(CC(C)C)cc2)cc1. The normalized spacial score (nSPS) is 12.0. The second kappa shape index (κ2) is 7.91. The van der Waals surface area contributed by atoms with E-state index in [9.17, 15) is 9.59 Å². The van der Waals surface area contributed by atoms with Gasteiger partial charge in [-0.2, -0.15) is 0 Å². The number of Topliss-reactive ketones (excluding diaryl/α,β-unsaturated/α-hetero) is 1. The van der Waals surface area contributed by atoms with Gasteiger partial charge in [-0.05, 0) is 61.6 Å². The minimum absolute atomic E-state index is 0.0164. The molecule has 0 saturated carbocycles. The third-order valence-corrected chi connectivity index (χ3v) is 4.08. The summed E-state index contributed by atoms with van der Waals surface area (Å²) >= 11 is 0. The van der Waals surface area contributed by atoms with E-state index >= 15 is 0 Å². The molecule has 126 valence electrons. The molecule has 0 aliphatic heterocycles. The van der Waals surface area contributed by atoms with Crippen LogP contribution in [0.2, 0.25) is 0 Å². The van der Waals surface area contributed by atoms with E-state index in [1.807, 2.05) is 19.1 Å². The monoisotopic (exact) mass is 323 g/mol. The lowest BCUT2D eigenvalue weighted by Crippen LogP contribution is -2.18. The molecular weight excluding hydrogens is 298 g/mol. The zero-order valence-corrected chi connectivity index (χ0v) is 14.8. The number of rotatable bonds is 6. The number of amides is 1. The van der Waals surface area contributed by atoms with Gasteiger partial charge >= 0.3 is 0 Å². The van der Waals surface area contributed by atoms with E-state index in [1.165, 1.54) is 12.5 Å². The first-order valence-electron chi connectivity index (χ1n) is 8.37. The van der Waals surface area contributed by atoms with E-state index in [4.69, 9.17) is 0 Å². The molecule has 1 atom stereocenters. The Hall–Kier alpha value is -2.42. The molecule has 0 saturated heterocycles. The topological polar surface area (TPSA) is 46.2 Å². The molecule has 0 radical (unpaired) electrons. The first kappa shape index (κ1) is 17.9. The quantitative estimate of drug-likeness (QED) is 0.774. The fourth-order valence-electron chi connectivity index (χ4n) is 2.60. The van der Waals surface area contributed by atoms with Crippen LogP contribution in [0, 0.1) is 5.92 Å². The van der Waals surface area contributed by atoms with Crippen LogP contribution >= 0.6 is 0 Å². The van der Waals surface area contributed by atoms with E-state index < -0.39 is 0 Å². The van der Waals surface area contributed by atoms with Crippen molar-refractivity contribution >= 4 is 17.4 Å². The summed E-state index contributed by atoms with van der Waals surface area (Å²) in [4.78, 5) is 23.7. The fourth-order valence-corrected chi connectivity index (χ4v) is 2.60. The third-order valence-electron chi connectivity index (χ3n) is 4.08. The Kier molecular flexibility index (Phi) is 5.91. The number of hydrogen-bond acceptors (Lipinski definition) is 2. The van der Waals surface area contributed by atoms with Crippen molar-refractivity contribution in [3.63, 3.8) is 0 Å². The second-order valence-corrected chi connectivity index (χ2v) is 6.68. The van der Waals surface area contributed by atoms with Crippen LogP contribution in [0.5, 0.6) is 0 Å². The summed E-state index contributed by atoms with van der Waals surface area (Å²) in [5, 5.41) is 2.90. The van der Waals surface area contributed by atoms with E-state index in [0.717, 1.165) is 12.0 Å². The largest absolute Gasteiger partial charge is 0.326 e. The summed E-state index contributed by atoms with van der Waals surface area (Å²) in [5.41, 5.74) is 3.64. The first-order chi connectivity index (χ1) is 11.4. The highest BCUT2D eigenvalue weighted by atomic mass is 16.1. The Morgan fingerprint density at radius 3 is 2.00 bits per heavy atom. The smallest absolute Gasteiger partial charge is 0.231 e. The minimum Gasteiger partial charge on any atom is -0.326 e. The molecule has 2 aromatic carbocycles. The summed E-state index contributed by atoms with van der Waals surface area (Å²) < 4.78 is 0. The molecule has 2 aromatic rings. The summed E-state index contributed by atoms with van der Waals surface area (Å²) in [7, 11) is 0. The van der Waals surface area contributed by atoms with Gasteiger partial charge in [0.05, 0.1) is 5.92 Å². The molecule has 0 aliphatic carbocycles. The number of anilines is 1. The molecule has 24 heavy (non-hydrogen) atoms. The molecule has 0 spiro atoms. The van der Waals surface area contributed by atoms with Crippen LogP contribution < -0.4 is 5.32 Å². The lowest BCUT2D eigenvalue weighted by Gasteiger charge is -2.14. The van der Waals surface area contributed by atoms with Crippen LogP contribution in [0.25, 0.3) is 0 Å². The average Bonchev–Trinajstić information content (AvgIpc) is 2.54. The maximum atomic E-state index is 12.4. The van der Waals surface area contributed by atoms with Gasteiger partial charge in [0.1, 0.15) is 0 Å². The lowest BCUT2D eigenvalue weighted by atomic mass is 9.96. The summed E-state index contributed by atoms with van der Waals surface area (Å²) in [6.45, 7) is 7.82. The van der Waals surface area contributed by atoms with Crippen molar-refractivity contribution in [2.75, 3.05) is 5.32 Å². The number of hydrogen-bond donors (Lipinski definition) is 1. The van der Waals surface area contributed by atoms with Crippen LogP contribution in [0.1, 0.15) is 55.1 Å². The number of nitrogens with one attached hydrogen (secondary N) is 1. The van der Waals surface area contributed by atoms with Crippen LogP contribution in [0.3, 0.4) is 0 Å². The molecule has 0 aliphatic rings. The average molecular weight is 323 g/mol. The zero-order valence-electron chi connectivity index (χ0n) is 14.8. The maximum Gasteiger partial charge on any atom is 0.231 e. The van der Waals surface area contributed by atoms with E-state index in [2.05, 4.69) is 31.3 Å². The molecule has 3 heteroatoms. The van der Waals surface area contributed by atoms with Gasteiger partial charge < -0.3 is 5.32 Å². The lowest BCUT2D eigenvalue weighted by molar-refractivity contribution is -0.117. The van der Waals surface area contributed by atoms with Crippen molar-refractivity contribution in [3.8, 4) is 0 Å². The highest BCUT2D eigenvalue weighted by Gasteiger charge is 2.15. The van der Waals surface area contributed by atoms with Crippen LogP contribution in [-0.2, 0) is 11.2 Å². The first-order valence-corrected chi connectivity index (χ1v) is 8.37. The molecule has 1 amide bonds. The second-order valence-electron chi connectivity index (χ2n) is 6.68. The van der Waals surface area contributed by atoms with Gasteiger partial charge in [-0.3, -0.25) is 9.59 Å². The van der Waals surface area contributed by atoms with Gasteiger partial charge in [0.25, 0.3) is 0 Å². The van der Waals surface area contributed by atoms with Gasteiger partial charge in [-0.15, -0.1) is 0 Å². The Morgan fingerprint density at radius 1 is 0.917 bits per heavy atom. The Bertz CT molecular complexity index is 700. The number of carbonyl (C=O) groups is 2. The molecule has 0 unspecified atom stereocenters. The summed E-state index contributed by atoms with van der Waals surface area (Å²) in [5.74, 6) is 0.352. The predicted octanol–water partition coefficient (Wildman–Crippen LogP) is 4.83. The molecule has 0 heterocycles.